The molecule has 7 heteroatoms. The van der Waals surface area contributed by atoms with Crippen molar-refractivity contribution in [2.75, 3.05) is 19.7 Å². The standard InChI is InChI=1S/C13H21NO4S2/c1-3-18-11-5-4-6-14(8-11)20(16,17)13-7-10(2)12(9-15)19-13/h7,11,15H,3-6,8-9H2,1-2H3. The van der Waals surface area contributed by atoms with E-state index in [-0.39, 0.29) is 12.7 Å². The van der Waals surface area contributed by atoms with Crippen LogP contribution in [0.25, 0.3) is 0 Å². The summed E-state index contributed by atoms with van der Waals surface area (Å²) in [6.07, 6.45) is 1.72. The van der Waals surface area contributed by atoms with E-state index < -0.39 is 10.0 Å². The molecule has 1 saturated heterocycles. The van der Waals surface area contributed by atoms with Crippen LogP contribution in [0.2, 0.25) is 0 Å². The van der Waals surface area contributed by atoms with Crippen LogP contribution in [0.15, 0.2) is 10.3 Å². The van der Waals surface area contributed by atoms with Gasteiger partial charge in [-0.05, 0) is 38.3 Å². The fourth-order valence-corrected chi connectivity index (χ4v) is 5.51. The van der Waals surface area contributed by atoms with Gasteiger partial charge < -0.3 is 9.84 Å². The fourth-order valence-electron chi connectivity index (χ4n) is 2.40. The number of aliphatic hydroxyl groups is 1. The Hall–Kier alpha value is -0.470. The van der Waals surface area contributed by atoms with Crippen molar-refractivity contribution in [2.24, 2.45) is 0 Å². The van der Waals surface area contributed by atoms with Gasteiger partial charge in [-0.1, -0.05) is 0 Å². The molecular weight excluding hydrogens is 298 g/mol. The maximum atomic E-state index is 12.6. The van der Waals surface area contributed by atoms with E-state index in [2.05, 4.69) is 0 Å². The van der Waals surface area contributed by atoms with Crippen LogP contribution in [0.3, 0.4) is 0 Å². The molecule has 114 valence electrons. The third-order valence-corrected chi connectivity index (χ3v) is 7.02. The van der Waals surface area contributed by atoms with Crippen LogP contribution in [0.1, 0.15) is 30.2 Å². The van der Waals surface area contributed by atoms with E-state index in [1.807, 2.05) is 13.8 Å². The van der Waals surface area contributed by atoms with Crippen molar-refractivity contribution >= 4 is 21.4 Å². The Morgan fingerprint density at radius 1 is 1.55 bits per heavy atom. The van der Waals surface area contributed by atoms with Crippen molar-refractivity contribution < 1.29 is 18.3 Å². The smallest absolute Gasteiger partial charge is 0.252 e. The van der Waals surface area contributed by atoms with Gasteiger partial charge in [0, 0.05) is 24.6 Å². The fraction of sp³-hybridized carbons (Fsp3) is 0.692. The summed E-state index contributed by atoms with van der Waals surface area (Å²) < 4.78 is 32.6. The maximum absolute atomic E-state index is 12.6. The number of sulfonamides is 1. The topological polar surface area (TPSA) is 66.8 Å². The second-order valence-corrected chi connectivity index (χ2v) is 8.21. The number of rotatable bonds is 5. The highest BCUT2D eigenvalue weighted by Crippen LogP contribution is 2.30. The lowest BCUT2D eigenvalue weighted by atomic mass is 10.1. The van der Waals surface area contributed by atoms with E-state index in [1.54, 1.807) is 6.07 Å². The van der Waals surface area contributed by atoms with Gasteiger partial charge in [0.2, 0.25) is 0 Å². The molecule has 0 saturated carbocycles. The first-order chi connectivity index (χ1) is 9.48. The number of hydrogen-bond donors (Lipinski definition) is 1. The lowest BCUT2D eigenvalue weighted by molar-refractivity contribution is 0.0265. The second kappa shape index (κ2) is 6.53. The Balaban J connectivity index is 2.20. The minimum atomic E-state index is -3.46. The minimum absolute atomic E-state index is 0.0121. The normalized spacial score (nSPS) is 21.2. The molecule has 1 aliphatic heterocycles. The summed E-state index contributed by atoms with van der Waals surface area (Å²) in [5, 5.41) is 9.20. The Morgan fingerprint density at radius 3 is 2.90 bits per heavy atom. The molecule has 5 nitrogen and oxygen atoms in total. The van der Waals surface area contributed by atoms with Gasteiger partial charge in [0.15, 0.2) is 0 Å². The van der Waals surface area contributed by atoms with Crippen molar-refractivity contribution in [1.29, 1.82) is 0 Å². The van der Waals surface area contributed by atoms with E-state index in [0.29, 0.717) is 28.8 Å². The molecule has 0 radical (unpaired) electrons. The summed E-state index contributed by atoms with van der Waals surface area (Å²) in [4.78, 5) is 0.710. The first-order valence-corrected chi connectivity index (χ1v) is 9.06. The summed E-state index contributed by atoms with van der Waals surface area (Å²) in [5.74, 6) is 0. The van der Waals surface area contributed by atoms with Crippen molar-refractivity contribution in [3.8, 4) is 0 Å². The maximum Gasteiger partial charge on any atom is 0.252 e. The monoisotopic (exact) mass is 319 g/mol. The largest absolute Gasteiger partial charge is 0.391 e. The van der Waals surface area contributed by atoms with E-state index in [1.165, 1.54) is 4.31 Å². The van der Waals surface area contributed by atoms with Gasteiger partial charge >= 0.3 is 0 Å². The molecule has 2 rings (SSSR count). The molecule has 0 spiro atoms. The zero-order valence-electron chi connectivity index (χ0n) is 11.8. The molecule has 2 heterocycles. The third kappa shape index (κ3) is 3.23. The van der Waals surface area contributed by atoms with Crippen LogP contribution in [0.5, 0.6) is 0 Å². The van der Waals surface area contributed by atoms with Gasteiger partial charge in [-0.2, -0.15) is 4.31 Å². The van der Waals surface area contributed by atoms with Crippen molar-refractivity contribution in [1.82, 2.24) is 4.31 Å². The van der Waals surface area contributed by atoms with E-state index in [9.17, 15) is 13.5 Å². The second-order valence-electron chi connectivity index (χ2n) is 4.91. The molecule has 0 bridgehead atoms. The molecule has 1 aliphatic rings. The van der Waals surface area contributed by atoms with Crippen LogP contribution in [0.4, 0.5) is 0 Å². The number of hydrogen-bond acceptors (Lipinski definition) is 5. The quantitative estimate of drug-likeness (QED) is 0.898. The molecule has 0 aromatic carbocycles. The third-order valence-electron chi connectivity index (χ3n) is 3.48. The Labute approximate surface area is 124 Å². The van der Waals surface area contributed by atoms with Crippen LogP contribution in [-0.4, -0.2) is 43.6 Å². The zero-order chi connectivity index (χ0) is 14.8. The van der Waals surface area contributed by atoms with Crippen molar-refractivity contribution in [2.45, 2.75) is 43.6 Å². The van der Waals surface area contributed by atoms with Crippen LogP contribution < -0.4 is 0 Å². The average Bonchev–Trinajstić information content (AvgIpc) is 2.81. The number of aliphatic hydroxyl groups excluding tert-OH is 1. The molecular formula is C13H21NO4S2. The zero-order valence-corrected chi connectivity index (χ0v) is 13.5. The predicted molar refractivity (Wildman–Crippen MR) is 78.4 cm³/mol. The van der Waals surface area contributed by atoms with Gasteiger partial charge in [-0.3, -0.25) is 0 Å². The lowest BCUT2D eigenvalue weighted by Crippen LogP contribution is -2.42. The molecule has 1 aromatic heterocycles. The van der Waals surface area contributed by atoms with E-state index >= 15 is 0 Å². The minimum Gasteiger partial charge on any atom is -0.391 e. The highest BCUT2D eigenvalue weighted by Gasteiger charge is 2.31. The van der Waals surface area contributed by atoms with Crippen LogP contribution in [-0.2, 0) is 21.4 Å². The van der Waals surface area contributed by atoms with Crippen molar-refractivity contribution in [3.05, 3.63) is 16.5 Å². The number of aryl methyl sites for hydroxylation is 1. The summed E-state index contributed by atoms with van der Waals surface area (Å²) >= 11 is 1.15. The number of piperidine rings is 1. The first kappa shape index (κ1) is 15.9. The molecule has 20 heavy (non-hydrogen) atoms. The average molecular weight is 319 g/mol. The summed E-state index contributed by atoms with van der Waals surface area (Å²) in [7, 11) is -3.46. The highest BCUT2D eigenvalue weighted by atomic mass is 32.2. The van der Waals surface area contributed by atoms with E-state index in [4.69, 9.17) is 4.74 Å². The van der Waals surface area contributed by atoms with Gasteiger partial charge in [0.1, 0.15) is 4.21 Å². The summed E-state index contributed by atoms with van der Waals surface area (Å²) in [6.45, 7) is 5.18. The van der Waals surface area contributed by atoms with Gasteiger partial charge in [-0.15, -0.1) is 11.3 Å². The van der Waals surface area contributed by atoms with Crippen LogP contribution in [0, 0.1) is 6.92 Å². The Kier molecular flexibility index (Phi) is 5.19. The molecule has 1 unspecified atom stereocenters. The van der Waals surface area contributed by atoms with Crippen molar-refractivity contribution in [3.63, 3.8) is 0 Å². The number of ether oxygens (including phenoxy) is 1. The summed E-state index contributed by atoms with van der Waals surface area (Å²) in [5.41, 5.74) is 0.828. The molecule has 1 N–H and O–H groups in total. The SMILES string of the molecule is CCOC1CCCN(S(=O)(=O)c2cc(C)c(CO)s2)C1. The molecule has 1 fully saturated rings. The molecule has 1 aromatic rings. The molecule has 0 aliphatic carbocycles. The lowest BCUT2D eigenvalue weighted by Gasteiger charge is -2.31. The molecule has 0 amide bonds. The predicted octanol–water partition coefficient (Wildman–Crippen LogP) is 1.74. The Bertz CT molecular complexity index is 551. The van der Waals surface area contributed by atoms with E-state index in [0.717, 1.165) is 29.7 Å². The first-order valence-electron chi connectivity index (χ1n) is 6.81. The number of nitrogens with zero attached hydrogens (tertiary/aromatic N) is 1. The molecule has 1 atom stereocenters. The Morgan fingerprint density at radius 2 is 2.30 bits per heavy atom. The highest BCUT2D eigenvalue weighted by molar-refractivity contribution is 7.91. The van der Waals surface area contributed by atoms with Gasteiger partial charge in [0.25, 0.3) is 10.0 Å². The van der Waals surface area contributed by atoms with Gasteiger partial charge in [0.05, 0.1) is 12.7 Å². The van der Waals surface area contributed by atoms with Crippen LogP contribution >= 0.6 is 11.3 Å². The number of thiophene rings is 1. The van der Waals surface area contributed by atoms with Gasteiger partial charge in [-0.25, -0.2) is 8.42 Å². The summed E-state index contributed by atoms with van der Waals surface area (Å²) in [6, 6.07) is 1.65.